The first-order chi connectivity index (χ1) is 12.2. The van der Waals surface area contributed by atoms with E-state index in [0.29, 0.717) is 19.0 Å². The molecule has 2 rings (SSSR count). The molecule has 1 fully saturated rings. The minimum Gasteiger partial charge on any atom is -0.497 e. The lowest BCUT2D eigenvalue weighted by Crippen LogP contribution is -2.44. The van der Waals surface area contributed by atoms with Crippen molar-refractivity contribution in [2.24, 2.45) is 4.99 Å². The van der Waals surface area contributed by atoms with Crippen molar-refractivity contribution in [2.45, 2.75) is 25.4 Å². The van der Waals surface area contributed by atoms with Crippen molar-refractivity contribution in [2.75, 3.05) is 47.6 Å². The first kappa shape index (κ1) is 22.8. The molecule has 148 valence electrons. The normalized spacial score (nSPS) is 17.5. The molecule has 8 heteroatoms. The lowest BCUT2D eigenvalue weighted by atomic mass is 10.2. The molecule has 0 saturated carbocycles. The molecule has 0 bridgehead atoms. The second-order valence-corrected chi connectivity index (χ2v) is 6.13. The molecule has 1 saturated heterocycles. The summed E-state index contributed by atoms with van der Waals surface area (Å²) >= 11 is 0. The third kappa shape index (κ3) is 7.14. The summed E-state index contributed by atoms with van der Waals surface area (Å²) in [5.41, 5.74) is 1.17. The van der Waals surface area contributed by atoms with E-state index in [1.54, 1.807) is 21.3 Å². The van der Waals surface area contributed by atoms with E-state index in [1.807, 2.05) is 18.2 Å². The number of aliphatic imine (C=N–C) groups is 1. The SMILES string of the molecule is CN=C(NCCCF)NC1CCN(Cc2cc(OC)cc(OC)c2)C1.I. The minimum absolute atomic E-state index is 0. The molecule has 0 aliphatic carbocycles. The summed E-state index contributed by atoms with van der Waals surface area (Å²) in [6.45, 7) is 3.07. The number of halogens is 2. The van der Waals surface area contributed by atoms with Crippen molar-refractivity contribution in [3.05, 3.63) is 23.8 Å². The van der Waals surface area contributed by atoms with Crippen molar-refractivity contribution >= 4 is 29.9 Å². The van der Waals surface area contributed by atoms with Crippen LogP contribution in [-0.4, -0.2) is 64.5 Å². The number of nitrogens with zero attached hydrogens (tertiary/aromatic N) is 2. The molecule has 6 nitrogen and oxygen atoms in total. The van der Waals surface area contributed by atoms with Crippen LogP contribution in [-0.2, 0) is 6.54 Å². The Morgan fingerprint density at radius 3 is 2.54 bits per heavy atom. The Kier molecular flexibility index (Phi) is 10.6. The predicted molar refractivity (Wildman–Crippen MR) is 114 cm³/mol. The summed E-state index contributed by atoms with van der Waals surface area (Å²) < 4.78 is 22.9. The van der Waals surface area contributed by atoms with Gasteiger partial charge in [0.2, 0.25) is 0 Å². The van der Waals surface area contributed by atoms with Crippen LogP contribution in [0.4, 0.5) is 4.39 Å². The Labute approximate surface area is 172 Å². The van der Waals surface area contributed by atoms with Crippen LogP contribution in [0.3, 0.4) is 0 Å². The van der Waals surface area contributed by atoms with E-state index in [-0.39, 0.29) is 30.7 Å². The number of rotatable bonds is 8. The zero-order chi connectivity index (χ0) is 18.1. The maximum absolute atomic E-state index is 12.2. The van der Waals surface area contributed by atoms with Crippen LogP contribution in [0, 0.1) is 0 Å². The van der Waals surface area contributed by atoms with E-state index in [0.717, 1.165) is 43.5 Å². The van der Waals surface area contributed by atoms with Gasteiger partial charge < -0.3 is 20.1 Å². The third-order valence-electron chi connectivity index (χ3n) is 4.26. The van der Waals surface area contributed by atoms with E-state index in [1.165, 1.54) is 5.56 Å². The highest BCUT2D eigenvalue weighted by molar-refractivity contribution is 14.0. The zero-order valence-electron chi connectivity index (χ0n) is 15.8. The smallest absolute Gasteiger partial charge is 0.191 e. The van der Waals surface area contributed by atoms with E-state index in [4.69, 9.17) is 9.47 Å². The maximum Gasteiger partial charge on any atom is 0.191 e. The number of guanidine groups is 1. The van der Waals surface area contributed by atoms with Gasteiger partial charge in [0.1, 0.15) is 11.5 Å². The second-order valence-electron chi connectivity index (χ2n) is 6.13. The van der Waals surface area contributed by atoms with Gasteiger partial charge in [-0.2, -0.15) is 0 Å². The Hall–Kier alpha value is -1.29. The number of nitrogens with one attached hydrogen (secondary N) is 2. The van der Waals surface area contributed by atoms with Gasteiger partial charge in [-0.1, -0.05) is 0 Å². The standard InChI is InChI=1S/C18H29FN4O2.HI/c1-20-18(21-7-4-6-19)22-15-5-8-23(13-15)12-14-9-16(24-2)11-17(10-14)25-3;/h9-11,15H,4-8,12-13H2,1-3H3,(H2,20,21,22);1H. The molecule has 26 heavy (non-hydrogen) atoms. The first-order valence-corrected chi connectivity index (χ1v) is 8.66. The fraction of sp³-hybridized carbons (Fsp3) is 0.611. The summed E-state index contributed by atoms with van der Waals surface area (Å²) in [6, 6.07) is 6.30. The molecule has 0 amide bonds. The Morgan fingerprint density at radius 2 is 1.96 bits per heavy atom. The lowest BCUT2D eigenvalue weighted by molar-refractivity contribution is 0.321. The molecular weight excluding hydrogens is 450 g/mol. The van der Waals surface area contributed by atoms with Crippen LogP contribution in [0.5, 0.6) is 11.5 Å². The Morgan fingerprint density at radius 1 is 1.27 bits per heavy atom. The first-order valence-electron chi connectivity index (χ1n) is 8.66. The van der Waals surface area contributed by atoms with Gasteiger partial charge in [0.05, 0.1) is 20.9 Å². The molecule has 0 radical (unpaired) electrons. The Balaban J connectivity index is 0.00000338. The number of hydrogen-bond donors (Lipinski definition) is 2. The van der Waals surface area contributed by atoms with Crippen LogP contribution in [0.2, 0.25) is 0 Å². The number of alkyl halides is 1. The molecule has 1 aliphatic rings. The average Bonchev–Trinajstić information content (AvgIpc) is 3.07. The molecule has 1 aromatic carbocycles. The van der Waals surface area contributed by atoms with Crippen LogP contribution >= 0.6 is 24.0 Å². The topological polar surface area (TPSA) is 58.1 Å². The lowest BCUT2D eigenvalue weighted by Gasteiger charge is -2.19. The highest BCUT2D eigenvalue weighted by Crippen LogP contribution is 2.24. The number of benzene rings is 1. The van der Waals surface area contributed by atoms with Crippen LogP contribution in [0.15, 0.2) is 23.2 Å². The third-order valence-corrected chi connectivity index (χ3v) is 4.26. The van der Waals surface area contributed by atoms with Gasteiger partial charge in [-0.3, -0.25) is 14.3 Å². The van der Waals surface area contributed by atoms with Crippen molar-refractivity contribution in [3.63, 3.8) is 0 Å². The van der Waals surface area contributed by atoms with Crippen molar-refractivity contribution < 1.29 is 13.9 Å². The van der Waals surface area contributed by atoms with Gasteiger partial charge >= 0.3 is 0 Å². The molecule has 1 aromatic rings. The fourth-order valence-electron chi connectivity index (χ4n) is 2.97. The Bertz CT molecular complexity index is 552. The summed E-state index contributed by atoms with van der Waals surface area (Å²) in [5, 5.41) is 6.55. The van der Waals surface area contributed by atoms with Crippen LogP contribution in [0.25, 0.3) is 0 Å². The highest BCUT2D eigenvalue weighted by Gasteiger charge is 2.23. The summed E-state index contributed by atoms with van der Waals surface area (Å²) in [5.74, 6) is 2.35. The number of hydrogen-bond acceptors (Lipinski definition) is 4. The van der Waals surface area contributed by atoms with Gasteiger partial charge in [-0.05, 0) is 30.5 Å². The molecular formula is C18H30FIN4O2. The predicted octanol–water partition coefficient (Wildman–Crippen LogP) is 2.42. The highest BCUT2D eigenvalue weighted by atomic mass is 127. The van der Waals surface area contributed by atoms with Crippen molar-refractivity contribution in [1.82, 2.24) is 15.5 Å². The molecule has 0 spiro atoms. The van der Waals surface area contributed by atoms with Crippen LogP contribution in [0.1, 0.15) is 18.4 Å². The van der Waals surface area contributed by atoms with Gasteiger partial charge in [-0.25, -0.2) is 0 Å². The van der Waals surface area contributed by atoms with Crippen molar-refractivity contribution in [1.29, 1.82) is 0 Å². The average molecular weight is 480 g/mol. The van der Waals surface area contributed by atoms with E-state index >= 15 is 0 Å². The molecule has 1 heterocycles. The molecule has 0 aromatic heterocycles. The monoisotopic (exact) mass is 480 g/mol. The molecule has 2 N–H and O–H groups in total. The number of likely N-dealkylation sites (tertiary alicyclic amines) is 1. The largest absolute Gasteiger partial charge is 0.497 e. The van der Waals surface area contributed by atoms with Gasteiger partial charge in [-0.15, -0.1) is 24.0 Å². The summed E-state index contributed by atoms with van der Waals surface area (Å²) in [4.78, 5) is 6.59. The van der Waals surface area contributed by atoms with Crippen molar-refractivity contribution in [3.8, 4) is 11.5 Å². The van der Waals surface area contributed by atoms with E-state index in [9.17, 15) is 4.39 Å². The number of methoxy groups -OCH3 is 2. The zero-order valence-corrected chi connectivity index (χ0v) is 18.1. The summed E-state index contributed by atoms with van der Waals surface area (Å²) in [7, 11) is 5.06. The molecule has 1 atom stereocenters. The molecule has 1 aliphatic heterocycles. The fourth-order valence-corrected chi connectivity index (χ4v) is 2.97. The van der Waals surface area contributed by atoms with E-state index in [2.05, 4.69) is 20.5 Å². The van der Waals surface area contributed by atoms with Gasteiger partial charge in [0, 0.05) is 45.3 Å². The van der Waals surface area contributed by atoms with Gasteiger partial charge in [0.25, 0.3) is 0 Å². The molecule has 1 unspecified atom stereocenters. The minimum atomic E-state index is -0.314. The van der Waals surface area contributed by atoms with E-state index < -0.39 is 0 Å². The maximum atomic E-state index is 12.2. The quantitative estimate of drug-likeness (QED) is 0.259. The second kappa shape index (κ2) is 12.2. The van der Waals surface area contributed by atoms with Gasteiger partial charge in [0.15, 0.2) is 5.96 Å². The summed E-state index contributed by atoms with van der Waals surface area (Å²) in [6.07, 6.45) is 1.54. The number of ether oxygens (including phenoxy) is 2. The van der Waals surface area contributed by atoms with Crippen LogP contribution < -0.4 is 20.1 Å².